The predicted octanol–water partition coefficient (Wildman–Crippen LogP) is 3.14. The standard InChI is InChI=1S/C20H27FN4O2/c1-14(2)26-19-10-9-16(12-23-19)13-25-20(22-4)24-11-15(3)27-18-8-6-5-7-17(18)21/h5-10,12,14-15H,11,13H2,1-4H3,(H2,22,24,25). The van der Waals surface area contributed by atoms with Gasteiger partial charge in [0.15, 0.2) is 17.5 Å². The predicted molar refractivity (Wildman–Crippen MR) is 105 cm³/mol. The fourth-order valence-corrected chi connectivity index (χ4v) is 2.27. The quantitative estimate of drug-likeness (QED) is 0.549. The highest BCUT2D eigenvalue weighted by atomic mass is 19.1. The molecule has 1 heterocycles. The van der Waals surface area contributed by atoms with Crippen LogP contribution in [0.2, 0.25) is 0 Å². The number of benzene rings is 1. The van der Waals surface area contributed by atoms with Crippen molar-refractivity contribution >= 4 is 5.96 Å². The van der Waals surface area contributed by atoms with Crippen LogP contribution in [-0.4, -0.2) is 36.7 Å². The molecule has 0 saturated carbocycles. The van der Waals surface area contributed by atoms with E-state index in [-0.39, 0.29) is 23.8 Å². The minimum atomic E-state index is -0.371. The van der Waals surface area contributed by atoms with Gasteiger partial charge in [-0.05, 0) is 38.5 Å². The average molecular weight is 374 g/mol. The molecular formula is C20H27FN4O2. The Balaban J connectivity index is 1.77. The first-order valence-corrected chi connectivity index (χ1v) is 8.95. The number of guanidine groups is 1. The summed E-state index contributed by atoms with van der Waals surface area (Å²) in [4.78, 5) is 8.45. The number of nitrogens with zero attached hydrogens (tertiary/aromatic N) is 2. The Morgan fingerprint density at radius 1 is 1.11 bits per heavy atom. The van der Waals surface area contributed by atoms with E-state index in [9.17, 15) is 4.39 Å². The molecule has 0 saturated heterocycles. The van der Waals surface area contributed by atoms with E-state index in [1.165, 1.54) is 6.07 Å². The van der Waals surface area contributed by atoms with E-state index in [1.54, 1.807) is 31.4 Å². The zero-order valence-electron chi connectivity index (χ0n) is 16.2. The third-order valence-corrected chi connectivity index (χ3v) is 3.56. The number of aromatic nitrogens is 1. The van der Waals surface area contributed by atoms with Crippen molar-refractivity contribution in [3.8, 4) is 11.6 Å². The molecule has 0 fully saturated rings. The van der Waals surface area contributed by atoms with Crippen LogP contribution in [0.5, 0.6) is 11.6 Å². The molecule has 0 amide bonds. The molecule has 0 radical (unpaired) electrons. The van der Waals surface area contributed by atoms with Gasteiger partial charge in [-0.15, -0.1) is 0 Å². The molecular weight excluding hydrogens is 347 g/mol. The normalized spacial score (nSPS) is 12.6. The second kappa shape index (κ2) is 10.4. The molecule has 1 atom stereocenters. The Morgan fingerprint density at radius 3 is 2.52 bits per heavy atom. The van der Waals surface area contributed by atoms with E-state index >= 15 is 0 Å². The van der Waals surface area contributed by atoms with E-state index in [2.05, 4.69) is 20.6 Å². The topological polar surface area (TPSA) is 67.8 Å². The van der Waals surface area contributed by atoms with Crippen LogP contribution in [0.3, 0.4) is 0 Å². The molecule has 7 heteroatoms. The maximum Gasteiger partial charge on any atom is 0.213 e. The molecule has 0 aliphatic carbocycles. The van der Waals surface area contributed by atoms with Gasteiger partial charge >= 0.3 is 0 Å². The van der Waals surface area contributed by atoms with Crippen molar-refractivity contribution in [1.29, 1.82) is 0 Å². The maximum atomic E-state index is 13.6. The molecule has 1 unspecified atom stereocenters. The van der Waals surface area contributed by atoms with E-state index in [4.69, 9.17) is 9.47 Å². The Kier molecular flexibility index (Phi) is 7.85. The first kappa shape index (κ1) is 20.5. The van der Waals surface area contributed by atoms with Crippen molar-refractivity contribution in [3.63, 3.8) is 0 Å². The van der Waals surface area contributed by atoms with Crippen molar-refractivity contribution in [2.75, 3.05) is 13.6 Å². The Morgan fingerprint density at radius 2 is 1.89 bits per heavy atom. The van der Waals surface area contributed by atoms with E-state index in [1.807, 2.05) is 32.9 Å². The second-order valence-corrected chi connectivity index (χ2v) is 6.34. The molecule has 6 nitrogen and oxygen atoms in total. The summed E-state index contributed by atoms with van der Waals surface area (Å²) >= 11 is 0. The number of pyridine rings is 1. The third kappa shape index (κ3) is 7.13. The number of rotatable bonds is 8. The number of halogens is 1. The van der Waals surface area contributed by atoms with E-state index in [0.29, 0.717) is 24.9 Å². The summed E-state index contributed by atoms with van der Waals surface area (Å²) in [7, 11) is 1.69. The number of ether oxygens (including phenoxy) is 2. The summed E-state index contributed by atoms with van der Waals surface area (Å²) in [6, 6.07) is 10.2. The molecule has 146 valence electrons. The third-order valence-electron chi connectivity index (χ3n) is 3.56. The highest BCUT2D eigenvalue weighted by molar-refractivity contribution is 5.79. The van der Waals surface area contributed by atoms with Crippen molar-refractivity contribution in [2.45, 2.75) is 39.5 Å². The van der Waals surface area contributed by atoms with Crippen LogP contribution in [0.15, 0.2) is 47.6 Å². The van der Waals surface area contributed by atoms with Gasteiger partial charge in [0.25, 0.3) is 0 Å². The van der Waals surface area contributed by atoms with Gasteiger partial charge in [-0.2, -0.15) is 0 Å². The zero-order valence-corrected chi connectivity index (χ0v) is 16.2. The first-order valence-electron chi connectivity index (χ1n) is 8.95. The van der Waals surface area contributed by atoms with Gasteiger partial charge in [0.1, 0.15) is 6.10 Å². The lowest BCUT2D eigenvalue weighted by Gasteiger charge is -2.18. The monoisotopic (exact) mass is 374 g/mol. The van der Waals surface area contributed by atoms with Crippen LogP contribution in [-0.2, 0) is 6.54 Å². The average Bonchev–Trinajstić information content (AvgIpc) is 2.64. The Hall–Kier alpha value is -2.83. The fourth-order valence-electron chi connectivity index (χ4n) is 2.27. The first-order chi connectivity index (χ1) is 13.0. The van der Waals surface area contributed by atoms with Gasteiger partial charge in [-0.25, -0.2) is 9.37 Å². The number of hydrogen-bond donors (Lipinski definition) is 2. The molecule has 0 aliphatic rings. The van der Waals surface area contributed by atoms with Crippen LogP contribution in [0, 0.1) is 5.82 Å². The van der Waals surface area contributed by atoms with Crippen LogP contribution >= 0.6 is 0 Å². The van der Waals surface area contributed by atoms with Gasteiger partial charge in [0.05, 0.1) is 12.6 Å². The summed E-state index contributed by atoms with van der Waals surface area (Å²) in [5, 5.41) is 6.37. The second-order valence-electron chi connectivity index (χ2n) is 6.34. The highest BCUT2D eigenvalue weighted by Gasteiger charge is 2.09. The van der Waals surface area contributed by atoms with Gasteiger partial charge < -0.3 is 20.1 Å². The molecule has 0 bridgehead atoms. The van der Waals surface area contributed by atoms with Gasteiger partial charge in [-0.3, -0.25) is 4.99 Å². The lowest BCUT2D eigenvalue weighted by atomic mass is 10.3. The summed E-state index contributed by atoms with van der Waals surface area (Å²) in [6.07, 6.45) is 1.63. The van der Waals surface area contributed by atoms with E-state index < -0.39 is 0 Å². The highest BCUT2D eigenvalue weighted by Crippen LogP contribution is 2.16. The molecule has 1 aromatic heterocycles. The lowest BCUT2D eigenvalue weighted by molar-refractivity contribution is 0.214. The largest absolute Gasteiger partial charge is 0.486 e. The van der Waals surface area contributed by atoms with E-state index in [0.717, 1.165) is 5.56 Å². The fraction of sp³-hybridized carbons (Fsp3) is 0.400. The molecule has 2 rings (SSSR count). The molecule has 2 N–H and O–H groups in total. The van der Waals surface area contributed by atoms with Crippen LogP contribution in [0.4, 0.5) is 4.39 Å². The number of aliphatic imine (C=N–C) groups is 1. The van der Waals surface area contributed by atoms with Gasteiger partial charge in [-0.1, -0.05) is 18.2 Å². The molecule has 27 heavy (non-hydrogen) atoms. The van der Waals surface area contributed by atoms with Gasteiger partial charge in [0.2, 0.25) is 5.88 Å². The van der Waals surface area contributed by atoms with Crippen LogP contribution in [0.1, 0.15) is 26.3 Å². The number of hydrogen-bond acceptors (Lipinski definition) is 4. The minimum Gasteiger partial charge on any atom is -0.486 e. The summed E-state index contributed by atoms with van der Waals surface area (Å²) in [5.74, 6) is 1.10. The SMILES string of the molecule is CN=C(NCc1ccc(OC(C)C)nc1)NCC(C)Oc1ccccc1F. The van der Waals surface area contributed by atoms with Crippen LogP contribution < -0.4 is 20.1 Å². The van der Waals surface area contributed by atoms with Gasteiger partial charge in [0, 0.05) is 25.9 Å². The molecule has 0 aliphatic heterocycles. The number of nitrogens with one attached hydrogen (secondary N) is 2. The van der Waals surface area contributed by atoms with Crippen molar-refractivity contribution in [2.24, 2.45) is 4.99 Å². The Bertz CT molecular complexity index is 735. The number of para-hydroxylation sites is 1. The maximum absolute atomic E-state index is 13.6. The zero-order chi connectivity index (χ0) is 19.6. The van der Waals surface area contributed by atoms with Crippen molar-refractivity contribution in [3.05, 3.63) is 54.0 Å². The van der Waals surface area contributed by atoms with Crippen LogP contribution in [0.25, 0.3) is 0 Å². The minimum absolute atomic E-state index is 0.0954. The van der Waals surface area contributed by atoms with Crippen molar-refractivity contribution in [1.82, 2.24) is 15.6 Å². The Labute approximate surface area is 159 Å². The smallest absolute Gasteiger partial charge is 0.213 e. The molecule has 2 aromatic rings. The summed E-state index contributed by atoms with van der Waals surface area (Å²) in [6.45, 7) is 6.84. The summed E-state index contributed by atoms with van der Waals surface area (Å²) in [5.41, 5.74) is 1.00. The van der Waals surface area contributed by atoms with Crippen molar-refractivity contribution < 1.29 is 13.9 Å². The molecule has 0 spiro atoms. The summed E-state index contributed by atoms with van der Waals surface area (Å²) < 4.78 is 24.8. The molecule has 1 aromatic carbocycles. The lowest BCUT2D eigenvalue weighted by Crippen LogP contribution is -2.41.